The molecule has 0 aliphatic carbocycles. The summed E-state index contributed by atoms with van der Waals surface area (Å²) in [4.78, 5) is 0. The van der Waals surface area contributed by atoms with E-state index in [2.05, 4.69) is 11.9 Å². The van der Waals surface area contributed by atoms with E-state index in [0.717, 1.165) is 24.5 Å². The Hall–Kier alpha value is -1.29. The quantitative estimate of drug-likeness (QED) is 0.687. The van der Waals surface area contributed by atoms with Gasteiger partial charge >= 0.3 is 6.18 Å². The Labute approximate surface area is 118 Å². The van der Waals surface area contributed by atoms with Crippen molar-refractivity contribution < 1.29 is 13.2 Å². The Bertz CT molecular complexity index is 438. The van der Waals surface area contributed by atoms with Crippen LogP contribution in [0.25, 0.3) is 0 Å². The molecule has 0 saturated carbocycles. The molecule has 112 valence electrons. The maximum Gasteiger partial charge on any atom is 0.416 e. The lowest BCUT2D eigenvalue weighted by Gasteiger charge is -2.23. The third kappa shape index (κ3) is 4.67. The number of nitrogens with one attached hydrogen (secondary N) is 1. The Morgan fingerprint density at radius 2 is 1.90 bits per heavy atom. The first-order chi connectivity index (χ1) is 9.40. The van der Waals surface area contributed by atoms with Crippen molar-refractivity contribution in [2.45, 2.75) is 45.3 Å². The Balaban J connectivity index is 3.09. The molecule has 20 heavy (non-hydrogen) atoms. The molecule has 0 saturated heterocycles. The number of rotatable bonds is 7. The van der Waals surface area contributed by atoms with E-state index in [-0.39, 0.29) is 6.04 Å². The van der Waals surface area contributed by atoms with Gasteiger partial charge in [-0.05, 0) is 37.4 Å². The van der Waals surface area contributed by atoms with Crippen LogP contribution in [0, 0.1) is 0 Å². The topological polar surface area (TPSA) is 12.0 Å². The van der Waals surface area contributed by atoms with E-state index in [1.54, 1.807) is 12.1 Å². The standard InChI is InChI=1S/C16H22F3N/c1-4-10-20-15(11-12(3)5-2)13-8-6-7-9-14(13)16(17,18)19/h6-9,15,20H,3-5,10-11H2,1-2H3. The summed E-state index contributed by atoms with van der Waals surface area (Å²) in [5.41, 5.74) is 0.705. The van der Waals surface area contributed by atoms with Crippen molar-refractivity contribution in [2.24, 2.45) is 0 Å². The molecule has 1 rings (SSSR count). The van der Waals surface area contributed by atoms with Crippen molar-refractivity contribution in [3.8, 4) is 0 Å². The first kappa shape index (κ1) is 16.8. The minimum absolute atomic E-state index is 0.308. The van der Waals surface area contributed by atoms with Crippen LogP contribution in [0.15, 0.2) is 36.4 Å². The lowest BCUT2D eigenvalue weighted by Crippen LogP contribution is -2.25. The van der Waals surface area contributed by atoms with Crippen molar-refractivity contribution in [1.82, 2.24) is 5.32 Å². The van der Waals surface area contributed by atoms with Crippen LogP contribution in [0.3, 0.4) is 0 Å². The fourth-order valence-electron chi connectivity index (χ4n) is 2.10. The number of hydrogen-bond donors (Lipinski definition) is 1. The first-order valence-electron chi connectivity index (χ1n) is 6.96. The van der Waals surface area contributed by atoms with Gasteiger partial charge in [-0.3, -0.25) is 0 Å². The van der Waals surface area contributed by atoms with Gasteiger partial charge in [-0.2, -0.15) is 13.2 Å². The van der Waals surface area contributed by atoms with Crippen LogP contribution in [-0.2, 0) is 6.18 Å². The van der Waals surface area contributed by atoms with E-state index < -0.39 is 11.7 Å². The van der Waals surface area contributed by atoms with E-state index in [0.29, 0.717) is 18.5 Å². The highest BCUT2D eigenvalue weighted by atomic mass is 19.4. The van der Waals surface area contributed by atoms with Crippen LogP contribution in [0.1, 0.15) is 50.3 Å². The van der Waals surface area contributed by atoms with E-state index in [1.165, 1.54) is 6.07 Å². The summed E-state index contributed by atoms with van der Waals surface area (Å²) in [6.07, 6.45) is -2.14. The molecule has 0 aliphatic heterocycles. The second-order valence-corrected chi connectivity index (χ2v) is 4.90. The summed E-state index contributed by atoms with van der Waals surface area (Å²) in [5.74, 6) is 0. The number of halogens is 3. The predicted octanol–water partition coefficient (Wildman–Crippen LogP) is 5.10. The molecule has 0 aliphatic rings. The van der Waals surface area contributed by atoms with E-state index >= 15 is 0 Å². The largest absolute Gasteiger partial charge is 0.416 e. The van der Waals surface area contributed by atoms with Crippen molar-refractivity contribution in [1.29, 1.82) is 0 Å². The molecule has 1 atom stereocenters. The molecule has 1 aromatic rings. The minimum Gasteiger partial charge on any atom is -0.310 e. The van der Waals surface area contributed by atoms with Crippen LogP contribution in [-0.4, -0.2) is 6.54 Å². The highest BCUT2D eigenvalue weighted by molar-refractivity contribution is 5.33. The molecule has 0 fully saturated rings. The molecule has 0 bridgehead atoms. The van der Waals surface area contributed by atoms with Gasteiger partial charge in [-0.25, -0.2) is 0 Å². The molecular formula is C16H22F3N. The average Bonchev–Trinajstić information content (AvgIpc) is 2.42. The Morgan fingerprint density at radius 1 is 1.25 bits per heavy atom. The molecule has 0 spiro atoms. The highest BCUT2D eigenvalue weighted by Gasteiger charge is 2.34. The second-order valence-electron chi connectivity index (χ2n) is 4.90. The zero-order valence-corrected chi connectivity index (χ0v) is 12.1. The van der Waals surface area contributed by atoms with E-state index in [1.807, 2.05) is 13.8 Å². The van der Waals surface area contributed by atoms with Crippen LogP contribution < -0.4 is 5.32 Å². The maximum atomic E-state index is 13.1. The van der Waals surface area contributed by atoms with Crippen LogP contribution >= 0.6 is 0 Å². The Morgan fingerprint density at radius 3 is 2.45 bits per heavy atom. The number of hydrogen-bond acceptors (Lipinski definition) is 1. The molecule has 0 amide bonds. The predicted molar refractivity (Wildman–Crippen MR) is 76.5 cm³/mol. The SMILES string of the molecule is C=C(CC)CC(NCCC)c1ccccc1C(F)(F)F. The molecule has 0 radical (unpaired) electrons. The van der Waals surface area contributed by atoms with Crippen molar-refractivity contribution >= 4 is 0 Å². The summed E-state index contributed by atoms with van der Waals surface area (Å²) in [7, 11) is 0. The van der Waals surface area contributed by atoms with Crippen molar-refractivity contribution in [3.63, 3.8) is 0 Å². The lowest BCUT2D eigenvalue weighted by molar-refractivity contribution is -0.138. The van der Waals surface area contributed by atoms with Crippen LogP contribution in [0.4, 0.5) is 13.2 Å². The van der Waals surface area contributed by atoms with Crippen LogP contribution in [0.5, 0.6) is 0 Å². The van der Waals surface area contributed by atoms with Gasteiger partial charge in [0.2, 0.25) is 0 Å². The molecule has 4 heteroatoms. The van der Waals surface area contributed by atoms with Crippen LogP contribution in [0.2, 0.25) is 0 Å². The van der Waals surface area contributed by atoms with E-state index in [4.69, 9.17) is 0 Å². The van der Waals surface area contributed by atoms with Gasteiger partial charge in [0.1, 0.15) is 0 Å². The van der Waals surface area contributed by atoms with Gasteiger partial charge in [0, 0.05) is 6.04 Å². The van der Waals surface area contributed by atoms with Gasteiger partial charge < -0.3 is 5.32 Å². The summed E-state index contributed by atoms with van der Waals surface area (Å²) in [6, 6.07) is 5.45. The third-order valence-corrected chi connectivity index (χ3v) is 3.28. The molecule has 0 aromatic heterocycles. The van der Waals surface area contributed by atoms with Gasteiger partial charge in [-0.1, -0.05) is 44.2 Å². The fraction of sp³-hybridized carbons (Fsp3) is 0.500. The summed E-state index contributed by atoms with van der Waals surface area (Å²) in [6.45, 7) is 8.57. The summed E-state index contributed by atoms with van der Waals surface area (Å²) >= 11 is 0. The Kier molecular flexibility index (Phi) is 6.27. The molecule has 1 N–H and O–H groups in total. The third-order valence-electron chi connectivity index (χ3n) is 3.28. The van der Waals surface area contributed by atoms with Crippen molar-refractivity contribution in [3.05, 3.63) is 47.5 Å². The van der Waals surface area contributed by atoms with Gasteiger partial charge in [0.05, 0.1) is 5.56 Å². The van der Waals surface area contributed by atoms with Gasteiger partial charge in [0.15, 0.2) is 0 Å². The van der Waals surface area contributed by atoms with Gasteiger partial charge in [-0.15, -0.1) is 0 Å². The number of benzene rings is 1. The minimum atomic E-state index is -4.32. The monoisotopic (exact) mass is 285 g/mol. The molecular weight excluding hydrogens is 263 g/mol. The zero-order chi connectivity index (χ0) is 15.2. The molecule has 1 aromatic carbocycles. The maximum absolute atomic E-state index is 13.1. The second kappa shape index (κ2) is 7.48. The summed E-state index contributed by atoms with van der Waals surface area (Å²) < 4.78 is 39.3. The number of alkyl halides is 3. The first-order valence-corrected chi connectivity index (χ1v) is 6.96. The smallest absolute Gasteiger partial charge is 0.310 e. The zero-order valence-electron chi connectivity index (χ0n) is 12.1. The van der Waals surface area contributed by atoms with Crippen molar-refractivity contribution in [2.75, 3.05) is 6.54 Å². The molecule has 0 heterocycles. The van der Waals surface area contributed by atoms with E-state index in [9.17, 15) is 13.2 Å². The average molecular weight is 285 g/mol. The lowest BCUT2D eigenvalue weighted by atomic mass is 9.94. The van der Waals surface area contributed by atoms with Gasteiger partial charge in [0.25, 0.3) is 0 Å². The normalized spacial score (nSPS) is 13.2. The molecule has 1 nitrogen and oxygen atoms in total. The summed E-state index contributed by atoms with van der Waals surface area (Å²) in [5, 5.41) is 3.20. The molecule has 1 unspecified atom stereocenters. The highest BCUT2D eigenvalue weighted by Crippen LogP contribution is 2.36. The fourth-order valence-corrected chi connectivity index (χ4v) is 2.10.